The van der Waals surface area contributed by atoms with Gasteiger partial charge in [0, 0.05) is 38.3 Å². The van der Waals surface area contributed by atoms with Gasteiger partial charge in [-0.2, -0.15) is 0 Å². The molecule has 0 saturated carbocycles. The van der Waals surface area contributed by atoms with E-state index in [9.17, 15) is 0 Å². The SMILES string of the molecule is Cc1ccc(N=Cc2cc(C)n(-c3cccc(Cl)c3)c2C)c(Br)c1. The molecule has 4 heteroatoms. The molecule has 0 aliphatic heterocycles. The van der Waals surface area contributed by atoms with E-state index in [0.717, 1.165) is 37.8 Å². The Morgan fingerprint density at radius 1 is 1.04 bits per heavy atom. The van der Waals surface area contributed by atoms with Crippen LogP contribution in [0.15, 0.2) is 58.0 Å². The second-order valence-electron chi connectivity index (χ2n) is 5.85. The second-order valence-corrected chi connectivity index (χ2v) is 7.15. The monoisotopic (exact) mass is 400 g/mol. The Morgan fingerprint density at radius 2 is 1.83 bits per heavy atom. The molecule has 0 aliphatic rings. The van der Waals surface area contributed by atoms with Crippen molar-refractivity contribution >= 4 is 39.4 Å². The van der Waals surface area contributed by atoms with E-state index in [-0.39, 0.29) is 0 Å². The highest BCUT2D eigenvalue weighted by molar-refractivity contribution is 9.10. The van der Waals surface area contributed by atoms with Crippen LogP contribution in [0.4, 0.5) is 5.69 Å². The van der Waals surface area contributed by atoms with E-state index in [1.807, 2.05) is 30.5 Å². The van der Waals surface area contributed by atoms with Crippen molar-refractivity contribution in [3.63, 3.8) is 0 Å². The summed E-state index contributed by atoms with van der Waals surface area (Å²) in [6, 6.07) is 16.2. The Hall–Kier alpha value is -1.84. The maximum Gasteiger partial charge on any atom is 0.0772 e. The molecule has 1 aromatic heterocycles. The molecular formula is C20H18BrClN2. The van der Waals surface area contributed by atoms with E-state index >= 15 is 0 Å². The molecule has 3 aromatic rings. The standard InChI is InChI=1S/C20H18BrClN2/c1-13-7-8-20(19(21)9-13)23-12-16-10-14(2)24(15(16)3)18-6-4-5-17(22)11-18/h4-12H,1-3H3. The highest BCUT2D eigenvalue weighted by Crippen LogP contribution is 2.27. The van der Waals surface area contributed by atoms with E-state index in [1.165, 1.54) is 5.56 Å². The smallest absolute Gasteiger partial charge is 0.0772 e. The van der Waals surface area contributed by atoms with Crippen LogP contribution in [0, 0.1) is 20.8 Å². The van der Waals surface area contributed by atoms with Gasteiger partial charge in [-0.25, -0.2) is 0 Å². The van der Waals surface area contributed by atoms with E-state index in [1.54, 1.807) is 0 Å². The molecule has 2 nitrogen and oxygen atoms in total. The maximum absolute atomic E-state index is 6.13. The molecule has 0 fully saturated rings. The summed E-state index contributed by atoms with van der Waals surface area (Å²) in [5.41, 5.74) is 6.59. The lowest BCUT2D eigenvalue weighted by molar-refractivity contribution is 0.965. The average Bonchev–Trinajstić information content (AvgIpc) is 2.80. The number of aryl methyl sites for hydroxylation is 2. The third-order valence-corrected chi connectivity index (χ3v) is 4.85. The Kier molecular flexibility index (Phi) is 4.93. The summed E-state index contributed by atoms with van der Waals surface area (Å²) >= 11 is 9.70. The molecule has 3 rings (SSSR count). The Morgan fingerprint density at radius 3 is 2.54 bits per heavy atom. The van der Waals surface area contributed by atoms with Crippen LogP contribution in [0.1, 0.15) is 22.5 Å². The van der Waals surface area contributed by atoms with Gasteiger partial charge in [0.1, 0.15) is 0 Å². The number of aliphatic imine (C=N–C) groups is 1. The highest BCUT2D eigenvalue weighted by Gasteiger charge is 2.10. The van der Waals surface area contributed by atoms with Gasteiger partial charge in [0.25, 0.3) is 0 Å². The van der Waals surface area contributed by atoms with Crippen LogP contribution in [0.5, 0.6) is 0 Å². The first-order chi connectivity index (χ1) is 11.5. The predicted molar refractivity (Wildman–Crippen MR) is 106 cm³/mol. The van der Waals surface area contributed by atoms with Crippen LogP contribution in [-0.2, 0) is 0 Å². The van der Waals surface area contributed by atoms with Crippen molar-refractivity contribution in [2.75, 3.05) is 0 Å². The molecule has 0 bridgehead atoms. The fourth-order valence-electron chi connectivity index (χ4n) is 2.79. The molecule has 0 N–H and O–H groups in total. The first kappa shape index (κ1) is 17.0. The van der Waals surface area contributed by atoms with Gasteiger partial charge in [-0.05, 0) is 78.7 Å². The van der Waals surface area contributed by atoms with Crippen molar-refractivity contribution in [1.82, 2.24) is 4.57 Å². The minimum absolute atomic E-state index is 0.735. The molecule has 0 unspecified atom stereocenters. The van der Waals surface area contributed by atoms with Crippen LogP contribution in [-0.4, -0.2) is 10.8 Å². The molecule has 122 valence electrons. The van der Waals surface area contributed by atoms with E-state index in [0.29, 0.717) is 0 Å². The van der Waals surface area contributed by atoms with E-state index in [2.05, 4.69) is 70.5 Å². The van der Waals surface area contributed by atoms with Crippen molar-refractivity contribution < 1.29 is 0 Å². The van der Waals surface area contributed by atoms with Crippen molar-refractivity contribution in [3.8, 4) is 5.69 Å². The van der Waals surface area contributed by atoms with Crippen molar-refractivity contribution in [1.29, 1.82) is 0 Å². The third kappa shape index (κ3) is 3.47. The predicted octanol–water partition coefficient (Wildman–Crippen LogP) is 6.57. The van der Waals surface area contributed by atoms with Gasteiger partial charge in [0.05, 0.1) is 5.69 Å². The Bertz CT molecular complexity index is 925. The molecule has 0 atom stereocenters. The van der Waals surface area contributed by atoms with Crippen molar-refractivity contribution in [2.24, 2.45) is 4.99 Å². The fraction of sp³-hybridized carbons (Fsp3) is 0.150. The van der Waals surface area contributed by atoms with Gasteiger partial charge < -0.3 is 4.57 Å². The second kappa shape index (κ2) is 6.96. The third-order valence-electron chi connectivity index (χ3n) is 3.98. The van der Waals surface area contributed by atoms with Crippen LogP contribution < -0.4 is 0 Å². The lowest BCUT2D eigenvalue weighted by atomic mass is 10.2. The number of hydrogen-bond acceptors (Lipinski definition) is 1. The molecule has 2 aromatic carbocycles. The fourth-order valence-corrected chi connectivity index (χ4v) is 3.57. The topological polar surface area (TPSA) is 17.3 Å². The molecule has 0 amide bonds. The van der Waals surface area contributed by atoms with Gasteiger partial charge in [0.15, 0.2) is 0 Å². The van der Waals surface area contributed by atoms with Gasteiger partial charge in [-0.15, -0.1) is 0 Å². The van der Waals surface area contributed by atoms with Crippen LogP contribution in [0.25, 0.3) is 5.69 Å². The molecule has 0 aliphatic carbocycles. The largest absolute Gasteiger partial charge is 0.318 e. The number of hydrogen-bond donors (Lipinski definition) is 0. The van der Waals surface area contributed by atoms with Crippen LogP contribution >= 0.6 is 27.5 Å². The first-order valence-corrected chi connectivity index (χ1v) is 8.88. The number of aromatic nitrogens is 1. The van der Waals surface area contributed by atoms with Gasteiger partial charge in [0.2, 0.25) is 0 Å². The van der Waals surface area contributed by atoms with Crippen LogP contribution in [0.2, 0.25) is 5.02 Å². The zero-order chi connectivity index (χ0) is 17.3. The van der Waals surface area contributed by atoms with Crippen molar-refractivity contribution in [3.05, 3.63) is 80.5 Å². The summed E-state index contributed by atoms with van der Waals surface area (Å²) in [5.74, 6) is 0. The lowest BCUT2D eigenvalue weighted by Crippen LogP contribution is -1.99. The summed E-state index contributed by atoms with van der Waals surface area (Å²) in [5, 5.41) is 0.735. The normalized spacial score (nSPS) is 11.4. The zero-order valence-corrected chi connectivity index (χ0v) is 16.2. The van der Waals surface area contributed by atoms with Crippen molar-refractivity contribution in [2.45, 2.75) is 20.8 Å². The molecule has 0 spiro atoms. The summed E-state index contributed by atoms with van der Waals surface area (Å²) < 4.78 is 3.19. The zero-order valence-electron chi connectivity index (χ0n) is 13.8. The minimum Gasteiger partial charge on any atom is -0.318 e. The molecule has 24 heavy (non-hydrogen) atoms. The maximum atomic E-state index is 6.13. The van der Waals surface area contributed by atoms with Gasteiger partial charge >= 0.3 is 0 Å². The number of nitrogens with zero attached hydrogens (tertiary/aromatic N) is 2. The molecule has 1 heterocycles. The first-order valence-electron chi connectivity index (χ1n) is 7.71. The molecular weight excluding hydrogens is 384 g/mol. The quantitative estimate of drug-likeness (QED) is 0.442. The van der Waals surface area contributed by atoms with E-state index < -0.39 is 0 Å². The van der Waals surface area contributed by atoms with Gasteiger partial charge in [-0.1, -0.05) is 23.7 Å². The summed E-state index contributed by atoms with van der Waals surface area (Å²) in [4.78, 5) is 4.63. The lowest BCUT2D eigenvalue weighted by Gasteiger charge is -2.09. The summed E-state index contributed by atoms with van der Waals surface area (Å²) in [6.45, 7) is 6.25. The number of halogens is 2. The number of rotatable bonds is 3. The minimum atomic E-state index is 0.735. The van der Waals surface area contributed by atoms with Crippen LogP contribution in [0.3, 0.4) is 0 Å². The van der Waals surface area contributed by atoms with E-state index in [4.69, 9.17) is 11.6 Å². The molecule has 0 radical (unpaired) electrons. The van der Waals surface area contributed by atoms with Gasteiger partial charge in [-0.3, -0.25) is 4.99 Å². The highest BCUT2D eigenvalue weighted by atomic mass is 79.9. The average molecular weight is 402 g/mol. The Balaban J connectivity index is 1.98. The number of benzene rings is 2. The summed E-state index contributed by atoms with van der Waals surface area (Å²) in [6.07, 6.45) is 1.92. The molecule has 0 saturated heterocycles. The summed E-state index contributed by atoms with van der Waals surface area (Å²) in [7, 11) is 0. The Labute approximate surface area is 155 Å².